The summed E-state index contributed by atoms with van der Waals surface area (Å²) in [6.07, 6.45) is 6.24. The number of ether oxygens (including phenoxy) is 1. The summed E-state index contributed by atoms with van der Waals surface area (Å²) in [5.74, 6) is 1.24. The lowest BCUT2D eigenvalue weighted by Crippen LogP contribution is -2.03. The average Bonchev–Trinajstić information content (AvgIpc) is 2.93. The number of aryl methyl sites for hydroxylation is 1. The van der Waals surface area contributed by atoms with Gasteiger partial charge >= 0.3 is 5.69 Å². The molecule has 112 valence electrons. The number of benzene rings is 1. The molecule has 0 atom stereocenters. The first kappa shape index (κ1) is 15.0. The first-order valence-corrected chi connectivity index (χ1v) is 7.11. The van der Waals surface area contributed by atoms with Crippen molar-refractivity contribution in [2.45, 2.75) is 33.1 Å². The van der Waals surface area contributed by atoms with Gasteiger partial charge in [-0.2, -0.15) is 0 Å². The van der Waals surface area contributed by atoms with Crippen molar-refractivity contribution in [2.24, 2.45) is 0 Å². The number of imidazole rings is 1. The van der Waals surface area contributed by atoms with Gasteiger partial charge < -0.3 is 9.30 Å². The van der Waals surface area contributed by atoms with Crippen molar-refractivity contribution >= 4 is 5.69 Å². The predicted octanol–water partition coefficient (Wildman–Crippen LogP) is 3.52. The van der Waals surface area contributed by atoms with Crippen LogP contribution in [0.15, 0.2) is 30.6 Å². The highest BCUT2D eigenvalue weighted by Crippen LogP contribution is 2.30. The summed E-state index contributed by atoms with van der Waals surface area (Å²) < 4.78 is 7.45. The quantitative estimate of drug-likeness (QED) is 0.577. The molecule has 0 radical (unpaired) electrons. The molecule has 0 aliphatic carbocycles. The summed E-state index contributed by atoms with van der Waals surface area (Å²) in [6, 6.07) is 4.91. The van der Waals surface area contributed by atoms with Gasteiger partial charge in [0.2, 0.25) is 0 Å². The molecule has 1 heterocycles. The van der Waals surface area contributed by atoms with Gasteiger partial charge in [0.15, 0.2) is 5.75 Å². The molecule has 0 aliphatic heterocycles. The van der Waals surface area contributed by atoms with E-state index in [4.69, 9.17) is 4.74 Å². The minimum Gasteiger partial charge on any atom is -0.487 e. The van der Waals surface area contributed by atoms with Crippen LogP contribution in [0, 0.1) is 10.1 Å². The Morgan fingerprint density at radius 2 is 2.14 bits per heavy atom. The zero-order valence-corrected chi connectivity index (χ0v) is 12.3. The highest BCUT2D eigenvalue weighted by Gasteiger charge is 2.17. The molecule has 2 rings (SSSR count). The smallest absolute Gasteiger partial charge is 0.311 e. The third kappa shape index (κ3) is 3.39. The molecule has 0 unspecified atom stereocenters. The molecular weight excluding hydrogens is 270 g/mol. The Kier molecular flexibility index (Phi) is 4.92. The van der Waals surface area contributed by atoms with E-state index in [1.807, 2.05) is 17.7 Å². The average molecular weight is 289 g/mol. The lowest BCUT2D eigenvalue weighted by Gasteiger charge is -2.10. The maximum Gasteiger partial charge on any atom is 0.311 e. The van der Waals surface area contributed by atoms with Gasteiger partial charge in [0.25, 0.3) is 0 Å². The second-order valence-corrected chi connectivity index (χ2v) is 4.72. The SMILES string of the molecule is CCCOc1cc(-n2ccnc2CCC)ccc1[N+](=O)[O-]. The highest BCUT2D eigenvalue weighted by atomic mass is 16.6. The van der Waals surface area contributed by atoms with Crippen LogP contribution in [-0.4, -0.2) is 21.1 Å². The van der Waals surface area contributed by atoms with Crippen LogP contribution in [0.5, 0.6) is 5.75 Å². The first-order valence-electron chi connectivity index (χ1n) is 7.11. The van der Waals surface area contributed by atoms with Crippen LogP contribution in [-0.2, 0) is 6.42 Å². The van der Waals surface area contributed by atoms with E-state index in [9.17, 15) is 10.1 Å². The molecule has 0 N–H and O–H groups in total. The van der Waals surface area contributed by atoms with Crippen molar-refractivity contribution in [1.29, 1.82) is 0 Å². The molecule has 0 amide bonds. The van der Waals surface area contributed by atoms with Crippen molar-refractivity contribution in [3.63, 3.8) is 0 Å². The third-order valence-corrected chi connectivity index (χ3v) is 3.07. The van der Waals surface area contributed by atoms with Crippen LogP contribution in [0.1, 0.15) is 32.5 Å². The van der Waals surface area contributed by atoms with E-state index in [-0.39, 0.29) is 5.69 Å². The molecule has 0 saturated carbocycles. The molecule has 6 nitrogen and oxygen atoms in total. The number of nitrogens with zero attached hydrogens (tertiary/aromatic N) is 3. The summed E-state index contributed by atoms with van der Waals surface area (Å²) >= 11 is 0. The van der Waals surface area contributed by atoms with Crippen molar-refractivity contribution in [3.8, 4) is 11.4 Å². The van der Waals surface area contributed by atoms with E-state index in [1.165, 1.54) is 6.07 Å². The number of rotatable bonds is 7. The van der Waals surface area contributed by atoms with Gasteiger partial charge in [-0.15, -0.1) is 0 Å². The fraction of sp³-hybridized carbons (Fsp3) is 0.400. The Hall–Kier alpha value is -2.37. The van der Waals surface area contributed by atoms with Crippen LogP contribution in [0.4, 0.5) is 5.69 Å². The Morgan fingerprint density at radius 3 is 2.81 bits per heavy atom. The van der Waals surface area contributed by atoms with Gasteiger partial charge in [0, 0.05) is 30.9 Å². The second-order valence-electron chi connectivity index (χ2n) is 4.72. The van der Waals surface area contributed by atoms with Crippen molar-refractivity contribution < 1.29 is 9.66 Å². The second kappa shape index (κ2) is 6.88. The third-order valence-electron chi connectivity index (χ3n) is 3.07. The lowest BCUT2D eigenvalue weighted by molar-refractivity contribution is -0.385. The molecule has 21 heavy (non-hydrogen) atoms. The number of hydrogen-bond donors (Lipinski definition) is 0. The maximum absolute atomic E-state index is 11.1. The standard InChI is InChI=1S/C15H19N3O3/c1-3-5-15-16-8-9-17(15)12-6-7-13(18(19)20)14(11-12)21-10-4-2/h6-9,11H,3-5,10H2,1-2H3. The topological polar surface area (TPSA) is 70.2 Å². The first-order chi connectivity index (χ1) is 10.2. The fourth-order valence-corrected chi connectivity index (χ4v) is 2.11. The van der Waals surface area contributed by atoms with E-state index in [0.29, 0.717) is 12.4 Å². The molecule has 0 spiro atoms. The van der Waals surface area contributed by atoms with Crippen molar-refractivity contribution in [3.05, 3.63) is 46.5 Å². The zero-order chi connectivity index (χ0) is 15.2. The fourth-order valence-electron chi connectivity index (χ4n) is 2.11. The minimum absolute atomic E-state index is 0.00985. The Bertz CT molecular complexity index is 622. The van der Waals surface area contributed by atoms with E-state index < -0.39 is 4.92 Å². The Balaban J connectivity index is 2.40. The van der Waals surface area contributed by atoms with Gasteiger partial charge in [-0.25, -0.2) is 4.98 Å². The Morgan fingerprint density at radius 1 is 1.33 bits per heavy atom. The number of aromatic nitrogens is 2. The molecular formula is C15H19N3O3. The molecule has 0 fully saturated rings. The summed E-state index contributed by atoms with van der Waals surface area (Å²) in [5.41, 5.74) is 0.817. The van der Waals surface area contributed by atoms with Crippen LogP contribution in [0.25, 0.3) is 5.69 Å². The normalized spacial score (nSPS) is 10.6. The van der Waals surface area contributed by atoms with Crippen LogP contribution < -0.4 is 4.74 Å². The van der Waals surface area contributed by atoms with E-state index in [2.05, 4.69) is 11.9 Å². The largest absolute Gasteiger partial charge is 0.487 e. The van der Waals surface area contributed by atoms with Gasteiger partial charge in [0.05, 0.1) is 17.2 Å². The van der Waals surface area contributed by atoms with Crippen molar-refractivity contribution in [1.82, 2.24) is 9.55 Å². The highest BCUT2D eigenvalue weighted by molar-refractivity contribution is 5.53. The van der Waals surface area contributed by atoms with Crippen LogP contribution in [0.3, 0.4) is 0 Å². The minimum atomic E-state index is -0.421. The predicted molar refractivity (Wildman–Crippen MR) is 80.0 cm³/mol. The van der Waals surface area contributed by atoms with Gasteiger partial charge in [-0.05, 0) is 18.9 Å². The van der Waals surface area contributed by atoms with E-state index in [1.54, 1.807) is 18.3 Å². The van der Waals surface area contributed by atoms with Crippen molar-refractivity contribution in [2.75, 3.05) is 6.61 Å². The number of nitro benzene ring substituents is 1. The number of hydrogen-bond acceptors (Lipinski definition) is 4. The summed E-state index contributed by atoms with van der Waals surface area (Å²) in [6.45, 7) is 4.51. The molecule has 1 aromatic carbocycles. The molecule has 6 heteroatoms. The lowest BCUT2D eigenvalue weighted by atomic mass is 10.2. The number of nitro groups is 1. The van der Waals surface area contributed by atoms with Crippen LogP contribution >= 0.6 is 0 Å². The molecule has 1 aromatic heterocycles. The van der Waals surface area contributed by atoms with Gasteiger partial charge in [0.1, 0.15) is 5.82 Å². The van der Waals surface area contributed by atoms with E-state index >= 15 is 0 Å². The molecule has 2 aromatic rings. The Labute approximate surface area is 123 Å². The monoisotopic (exact) mass is 289 g/mol. The van der Waals surface area contributed by atoms with E-state index in [0.717, 1.165) is 30.8 Å². The molecule has 0 saturated heterocycles. The maximum atomic E-state index is 11.1. The van der Waals surface area contributed by atoms with Gasteiger partial charge in [-0.3, -0.25) is 10.1 Å². The summed E-state index contributed by atoms with van der Waals surface area (Å²) in [7, 11) is 0. The molecule has 0 aliphatic rings. The molecule has 0 bridgehead atoms. The summed E-state index contributed by atoms with van der Waals surface area (Å²) in [4.78, 5) is 15.0. The van der Waals surface area contributed by atoms with Crippen LogP contribution in [0.2, 0.25) is 0 Å². The summed E-state index contributed by atoms with van der Waals surface area (Å²) in [5, 5.41) is 11.1. The zero-order valence-electron chi connectivity index (χ0n) is 12.3. The van der Waals surface area contributed by atoms with Gasteiger partial charge in [-0.1, -0.05) is 13.8 Å².